The number of benzene rings is 1. The van der Waals surface area contributed by atoms with Crippen molar-refractivity contribution < 1.29 is 14.3 Å². The summed E-state index contributed by atoms with van der Waals surface area (Å²) in [7, 11) is 1.63. The lowest BCUT2D eigenvalue weighted by atomic mass is 10.1. The minimum Gasteiger partial charge on any atom is -0.383 e. The summed E-state index contributed by atoms with van der Waals surface area (Å²) in [5, 5.41) is 8.84. The van der Waals surface area contributed by atoms with Crippen LogP contribution in [0.5, 0.6) is 0 Å². The van der Waals surface area contributed by atoms with Crippen molar-refractivity contribution in [2.24, 2.45) is 5.92 Å². The zero-order chi connectivity index (χ0) is 17.2. The van der Waals surface area contributed by atoms with Gasteiger partial charge < -0.3 is 20.7 Å². The number of nitrogens with one attached hydrogen (secondary N) is 3. The van der Waals surface area contributed by atoms with Crippen LogP contribution in [0.1, 0.15) is 31.2 Å². The average Bonchev–Trinajstić information content (AvgIpc) is 3.12. The van der Waals surface area contributed by atoms with Crippen LogP contribution in [-0.2, 0) is 20.9 Å². The largest absolute Gasteiger partial charge is 0.383 e. The molecule has 3 N–H and O–H groups in total. The lowest BCUT2D eigenvalue weighted by Gasteiger charge is -2.12. The molecule has 0 spiro atoms. The van der Waals surface area contributed by atoms with Crippen LogP contribution in [-0.4, -0.2) is 38.6 Å². The molecule has 0 radical (unpaired) electrons. The van der Waals surface area contributed by atoms with Crippen LogP contribution < -0.4 is 16.0 Å². The Balaban J connectivity index is 0.00000312. The number of carbonyl (C=O) groups excluding carboxylic acids is 2. The summed E-state index contributed by atoms with van der Waals surface area (Å²) < 4.78 is 4.91. The van der Waals surface area contributed by atoms with Gasteiger partial charge in [-0.15, -0.1) is 12.4 Å². The van der Waals surface area contributed by atoms with E-state index in [9.17, 15) is 9.59 Å². The lowest BCUT2D eigenvalue weighted by molar-refractivity contribution is -0.121. The molecule has 0 saturated heterocycles. The summed E-state index contributed by atoms with van der Waals surface area (Å²) in [4.78, 5) is 23.9. The number of halogens is 1. The molecule has 2 amide bonds. The Morgan fingerprint density at radius 2 is 2.00 bits per heavy atom. The van der Waals surface area contributed by atoms with Crippen molar-refractivity contribution in [3.05, 3.63) is 29.8 Å². The van der Waals surface area contributed by atoms with E-state index >= 15 is 0 Å². The summed E-state index contributed by atoms with van der Waals surface area (Å²) in [6, 6.07) is 7.61. The second kappa shape index (κ2) is 11.8. The van der Waals surface area contributed by atoms with Gasteiger partial charge in [0.25, 0.3) is 0 Å². The van der Waals surface area contributed by atoms with Crippen molar-refractivity contribution in [2.45, 2.75) is 32.2 Å². The van der Waals surface area contributed by atoms with Gasteiger partial charge in [-0.2, -0.15) is 0 Å². The summed E-state index contributed by atoms with van der Waals surface area (Å²) in [5.74, 6) is 0.189. The number of carbonyl (C=O) groups is 2. The van der Waals surface area contributed by atoms with E-state index in [0.717, 1.165) is 36.9 Å². The topological polar surface area (TPSA) is 79.5 Å². The first-order valence-electron chi connectivity index (χ1n) is 8.55. The predicted octanol–water partition coefficient (Wildman–Crippen LogP) is 2.09. The Bertz CT molecular complexity index is 548. The van der Waals surface area contributed by atoms with Gasteiger partial charge in [0.05, 0.1) is 13.2 Å². The Morgan fingerprint density at radius 3 is 2.72 bits per heavy atom. The van der Waals surface area contributed by atoms with Crippen LogP contribution in [0.25, 0.3) is 0 Å². The molecule has 1 aromatic carbocycles. The fourth-order valence-corrected chi connectivity index (χ4v) is 2.83. The molecule has 6 nitrogen and oxygen atoms in total. The molecule has 0 aliphatic heterocycles. The van der Waals surface area contributed by atoms with Crippen molar-refractivity contribution in [3.63, 3.8) is 0 Å². The van der Waals surface area contributed by atoms with Crippen molar-refractivity contribution in [3.8, 4) is 0 Å². The van der Waals surface area contributed by atoms with E-state index in [4.69, 9.17) is 4.74 Å². The van der Waals surface area contributed by atoms with Crippen LogP contribution in [0.3, 0.4) is 0 Å². The quantitative estimate of drug-likeness (QED) is 0.582. The first-order valence-corrected chi connectivity index (χ1v) is 8.55. The smallest absolute Gasteiger partial charge is 0.234 e. The average molecular weight is 370 g/mol. The molecule has 1 aliphatic carbocycles. The van der Waals surface area contributed by atoms with Crippen LogP contribution in [0, 0.1) is 5.92 Å². The van der Waals surface area contributed by atoms with Crippen LogP contribution in [0.2, 0.25) is 0 Å². The maximum atomic E-state index is 12.2. The van der Waals surface area contributed by atoms with E-state index in [0.29, 0.717) is 19.7 Å². The highest BCUT2D eigenvalue weighted by Gasteiger charge is 2.22. The SMILES string of the molecule is COCCNCC(=O)NCc1cccc(NC(=O)C2CCCC2)c1.Cl. The number of amides is 2. The molecule has 0 heterocycles. The van der Waals surface area contributed by atoms with Gasteiger partial charge >= 0.3 is 0 Å². The Labute approximate surface area is 155 Å². The molecule has 7 heteroatoms. The summed E-state index contributed by atoms with van der Waals surface area (Å²) in [6.45, 7) is 1.93. The second-order valence-electron chi connectivity index (χ2n) is 6.12. The van der Waals surface area contributed by atoms with Gasteiger partial charge in [0, 0.05) is 31.8 Å². The zero-order valence-electron chi connectivity index (χ0n) is 14.7. The standard InChI is InChI=1S/C18H27N3O3.ClH/c1-24-10-9-19-13-17(22)20-12-14-5-4-8-16(11-14)21-18(23)15-6-2-3-7-15;/h4-5,8,11,15,19H,2-3,6-7,9-10,12-13H2,1H3,(H,20,22)(H,21,23);1H. The van der Waals surface area contributed by atoms with Crippen molar-refractivity contribution in [2.75, 3.05) is 32.1 Å². The van der Waals surface area contributed by atoms with E-state index in [1.54, 1.807) is 7.11 Å². The number of rotatable bonds is 9. The molecule has 1 fully saturated rings. The van der Waals surface area contributed by atoms with Crippen molar-refractivity contribution in [1.82, 2.24) is 10.6 Å². The van der Waals surface area contributed by atoms with E-state index < -0.39 is 0 Å². The van der Waals surface area contributed by atoms with E-state index in [1.165, 1.54) is 0 Å². The molecule has 0 atom stereocenters. The lowest BCUT2D eigenvalue weighted by Crippen LogP contribution is -2.34. The number of ether oxygens (including phenoxy) is 1. The fraction of sp³-hybridized carbons (Fsp3) is 0.556. The second-order valence-corrected chi connectivity index (χ2v) is 6.12. The Morgan fingerprint density at radius 1 is 1.24 bits per heavy atom. The number of hydrogen-bond donors (Lipinski definition) is 3. The minimum absolute atomic E-state index is 0. The monoisotopic (exact) mass is 369 g/mol. The number of anilines is 1. The molecular weight excluding hydrogens is 342 g/mol. The van der Waals surface area contributed by atoms with Gasteiger partial charge in [-0.3, -0.25) is 9.59 Å². The molecule has 0 bridgehead atoms. The van der Waals surface area contributed by atoms with E-state index in [-0.39, 0.29) is 36.7 Å². The number of methoxy groups -OCH3 is 1. The van der Waals surface area contributed by atoms with Gasteiger partial charge in [0.2, 0.25) is 11.8 Å². The highest BCUT2D eigenvalue weighted by Crippen LogP contribution is 2.26. The maximum absolute atomic E-state index is 12.2. The van der Waals surface area contributed by atoms with Gasteiger partial charge in [-0.25, -0.2) is 0 Å². The molecule has 1 aromatic rings. The summed E-state index contributed by atoms with van der Waals surface area (Å²) >= 11 is 0. The maximum Gasteiger partial charge on any atom is 0.234 e. The molecular formula is C18H28ClN3O3. The van der Waals surface area contributed by atoms with Crippen molar-refractivity contribution in [1.29, 1.82) is 0 Å². The number of hydrogen-bond acceptors (Lipinski definition) is 4. The minimum atomic E-state index is -0.0634. The van der Waals surface area contributed by atoms with Crippen molar-refractivity contribution >= 4 is 29.9 Å². The normalized spacial score (nSPS) is 14.0. The highest BCUT2D eigenvalue weighted by atomic mass is 35.5. The highest BCUT2D eigenvalue weighted by molar-refractivity contribution is 5.92. The molecule has 25 heavy (non-hydrogen) atoms. The molecule has 1 saturated carbocycles. The van der Waals surface area contributed by atoms with Gasteiger partial charge in [-0.05, 0) is 30.5 Å². The van der Waals surface area contributed by atoms with Gasteiger partial charge in [-0.1, -0.05) is 25.0 Å². The van der Waals surface area contributed by atoms with Crippen LogP contribution in [0.15, 0.2) is 24.3 Å². The molecule has 2 rings (SSSR count). The fourth-order valence-electron chi connectivity index (χ4n) is 2.83. The third kappa shape index (κ3) is 7.86. The van der Waals surface area contributed by atoms with E-state index in [2.05, 4.69) is 16.0 Å². The predicted molar refractivity (Wildman–Crippen MR) is 101 cm³/mol. The van der Waals surface area contributed by atoms with E-state index in [1.807, 2.05) is 24.3 Å². The van der Waals surface area contributed by atoms with Crippen LogP contribution in [0.4, 0.5) is 5.69 Å². The van der Waals surface area contributed by atoms with Gasteiger partial charge in [0.1, 0.15) is 0 Å². The van der Waals surface area contributed by atoms with Crippen LogP contribution >= 0.6 is 12.4 Å². The third-order valence-corrected chi connectivity index (χ3v) is 4.18. The molecule has 1 aliphatic rings. The molecule has 0 aromatic heterocycles. The summed E-state index contributed by atoms with van der Waals surface area (Å²) in [6.07, 6.45) is 4.25. The third-order valence-electron chi connectivity index (χ3n) is 4.18. The Kier molecular flexibility index (Phi) is 10.1. The van der Waals surface area contributed by atoms with Gasteiger partial charge in [0.15, 0.2) is 0 Å². The zero-order valence-corrected chi connectivity index (χ0v) is 15.5. The first-order chi connectivity index (χ1) is 11.7. The molecule has 0 unspecified atom stereocenters. The molecule has 140 valence electrons. The summed E-state index contributed by atoms with van der Waals surface area (Å²) in [5.41, 5.74) is 1.75. The Hall–Kier alpha value is -1.63. The first kappa shape index (κ1) is 21.4.